The van der Waals surface area contributed by atoms with Gasteiger partial charge in [0.2, 0.25) is 0 Å². The number of aryl methyl sites for hydroxylation is 1. The molecule has 9 heteroatoms. The molecule has 5 nitrogen and oxygen atoms in total. The van der Waals surface area contributed by atoms with Gasteiger partial charge in [-0.15, -0.1) is 2.55 Å². The van der Waals surface area contributed by atoms with E-state index in [1.807, 2.05) is 72.5 Å². The first kappa shape index (κ1) is 31.4. The molecule has 0 aliphatic rings. The van der Waals surface area contributed by atoms with Crippen molar-refractivity contribution in [3.63, 3.8) is 0 Å². The average Bonchev–Trinajstić information content (AvgIpc) is 2.81. The number of benzene rings is 3. The van der Waals surface area contributed by atoms with E-state index >= 15 is 0 Å². The Morgan fingerprint density at radius 1 is 0.939 bits per heavy atom. The fourth-order valence-corrected chi connectivity index (χ4v) is 8.33. The number of halogens is 2. The van der Waals surface area contributed by atoms with E-state index in [1.54, 1.807) is 24.3 Å². The fourth-order valence-electron chi connectivity index (χ4n) is 2.11. The summed E-state index contributed by atoms with van der Waals surface area (Å²) in [6, 6.07) is 26.2. The molecule has 0 fully saturated rings. The van der Waals surface area contributed by atoms with Crippen LogP contribution >= 0.6 is 53.5 Å². The summed E-state index contributed by atoms with van der Waals surface area (Å²) in [4.78, 5) is 12.9. The predicted octanol–water partition coefficient (Wildman–Crippen LogP) is 7.43. The molecule has 0 spiro atoms. The molecule has 0 aromatic heterocycles. The molecule has 0 saturated heterocycles. The van der Waals surface area contributed by atoms with Crippen LogP contribution in [0.2, 0.25) is 0 Å². The van der Waals surface area contributed by atoms with Crippen molar-refractivity contribution >= 4 is 75.3 Å². The van der Waals surface area contributed by atoms with Gasteiger partial charge in [0.25, 0.3) is 10.0 Å². The normalized spacial score (nSPS) is 10.7. The Morgan fingerprint density at radius 2 is 1.42 bits per heavy atom. The smallest absolute Gasteiger partial charge is 0.199 e. The van der Waals surface area contributed by atoms with E-state index in [0.29, 0.717) is 0 Å². The van der Waals surface area contributed by atoms with E-state index in [2.05, 4.69) is 20.6 Å². The van der Waals surface area contributed by atoms with Crippen LogP contribution in [0.15, 0.2) is 92.4 Å². The van der Waals surface area contributed by atoms with Crippen LogP contribution in [-0.2, 0) is 17.9 Å². The third-order valence-electron chi connectivity index (χ3n) is 3.54. The van der Waals surface area contributed by atoms with Crippen molar-refractivity contribution < 1.29 is 16.3 Å². The third kappa shape index (κ3) is 12.5. The van der Waals surface area contributed by atoms with Crippen LogP contribution in [0.25, 0.3) is 0 Å². The summed E-state index contributed by atoms with van der Waals surface area (Å²) >= 11 is 1.34. The van der Waals surface area contributed by atoms with E-state index in [9.17, 15) is 13.2 Å². The fraction of sp³-hybridized carbons (Fsp3) is 0.167. The number of hydrogen-bond donors (Lipinski definition) is 0. The number of nitrogens with zero attached hydrogens (tertiary/aromatic N) is 1. The van der Waals surface area contributed by atoms with Gasteiger partial charge >= 0.3 is 79.8 Å². The van der Waals surface area contributed by atoms with E-state index < -0.39 is 51.3 Å². The Bertz CT molecular complexity index is 1090. The minimum atomic E-state index is -3.50. The molecule has 0 bridgehead atoms. The van der Waals surface area contributed by atoms with E-state index in [1.165, 1.54) is 10.5 Å². The minimum Gasteiger partial charge on any atom is -0.199 e. The second kappa shape index (κ2) is 17.0. The van der Waals surface area contributed by atoms with Crippen LogP contribution in [0.5, 0.6) is 0 Å². The van der Waals surface area contributed by atoms with Crippen LogP contribution in [0, 0.1) is 14.1 Å². The molecule has 0 N–H and O–H groups in total. The first-order valence-corrected chi connectivity index (χ1v) is 17.3. The van der Waals surface area contributed by atoms with Gasteiger partial charge in [-0.05, 0) is 37.1 Å². The molecule has 3 aromatic rings. The molecular formula is C24H29I2NO4S2. The van der Waals surface area contributed by atoms with Gasteiger partial charge < -0.3 is 0 Å². The van der Waals surface area contributed by atoms with Crippen LogP contribution in [-0.4, -0.2) is 25.2 Å². The number of thiocarbonyl (C=S) groups is 1. The van der Waals surface area contributed by atoms with Crippen molar-refractivity contribution in [2.24, 2.45) is 2.55 Å². The number of sulfonamides is 1. The predicted molar refractivity (Wildman–Crippen MR) is 158 cm³/mol. The van der Waals surface area contributed by atoms with Crippen LogP contribution in [0.4, 0.5) is 0 Å². The average molecular weight is 713 g/mol. The Labute approximate surface area is 221 Å². The molecule has 0 atom stereocenters. The number of carbonyl (C=O) groups is 1. The Balaban J connectivity index is 0.000000599. The first-order valence-electron chi connectivity index (χ1n) is 9.14. The maximum Gasteiger partial charge on any atom is 0.286 e. The quantitative estimate of drug-likeness (QED) is 0.156. The van der Waals surface area contributed by atoms with Gasteiger partial charge in [0.05, 0.1) is 4.90 Å². The van der Waals surface area contributed by atoms with Gasteiger partial charge in [0.1, 0.15) is 0 Å². The van der Waals surface area contributed by atoms with Crippen LogP contribution < -0.4 is 0 Å². The molecule has 0 aliphatic heterocycles. The van der Waals surface area contributed by atoms with Gasteiger partial charge in [-0.25, -0.2) is 0 Å². The molecule has 3 rings (SSSR count). The second-order valence-electron chi connectivity index (χ2n) is 6.02. The molecule has 3 aromatic carbocycles. The van der Waals surface area contributed by atoms with Gasteiger partial charge in [-0.3, -0.25) is 0 Å². The summed E-state index contributed by atoms with van der Waals surface area (Å²) in [5.74, 6) is 2.66. The SMILES string of the molecule is C.C=S.CC(=O)OI(C)c1ccccc1.Cc1ccc(S(=O)(=O)N=Ic2ccccc2)cc1. The first-order chi connectivity index (χ1) is 15.3. The Morgan fingerprint density at radius 3 is 1.91 bits per heavy atom. The standard InChI is InChI=1S/C13H12INO2S.C9H11IO2.CH2S.CH4/c1-11-7-9-13(10-8-11)18(16,17)15-14-12-5-3-2-4-6-12;1-8(11)12-10(2)9-6-4-3-5-7-9;1-2;/h2-10H,1H3;3-7H,1-2H3;1H2;1H4. The summed E-state index contributed by atoms with van der Waals surface area (Å²) in [6.07, 6.45) is 0. The summed E-state index contributed by atoms with van der Waals surface area (Å²) in [7, 11) is -3.50. The maximum atomic E-state index is 12.0. The molecule has 0 heterocycles. The number of rotatable bonds is 5. The summed E-state index contributed by atoms with van der Waals surface area (Å²) in [6.45, 7) is 3.38. The van der Waals surface area contributed by atoms with Gasteiger partial charge in [0, 0.05) is 24.6 Å². The van der Waals surface area contributed by atoms with E-state index in [-0.39, 0.29) is 18.3 Å². The molecule has 0 unspecified atom stereocenters. The van der Waals surface area contributed by atoms with Gasteiger partial charge in [0.15, 0.2) is 0 Å². The monoisotopic (exact) mass is 713 g/mol. The molecule has 0 radical (unpaired) electrons. The summed E-state index contributed by atoms with van der Waals surface area (Å²) < 4.78 is 35.2. The maximum absolute atomic E-state index is 12.0. The van der Waals surface area contributed by atoms with Crippen molar-refractivity contribution in [2.45, 2.75) is 26.2 Å². The number of hydrogen-bond acceptors (Lipinski definition) is 5. The summed E-state index contributed by atoms with van der Waals surface area (Å²) in [5, 5.41) is 0. The second-order valence-corrected chi connectivity index (χ2v) is 14.6. The van der Waals surface area contributed by atoms with Crippen molar-refractivity contribution in [1.29, 1.82) is 0 Å². The van der Waals surface area contributed by atoms with Crippen LogP contribution in [0.1, 0.15) is 19.9 Å². The molecule has 0 aliphatic carbocycles. The van der Waals surface area contributed by atoms with Crippen molar-refractivity contribution in [2.75, 3.05) is 4.93 Å². The number of carbonyl (C=O) groups excluding carboxylic acids is 1. The van der Waals surface area contributed by atoms with Gasteiger partial charge in [-0.1, -0.05) is 55.5 Å². The largest absolute Gasteiger partial charge is 0.286 e. The third-order valence-corrected chi connectivity index (χ3v) is 11.8. The Hall–Kier alpha value is -1.57. The van der Waals surface area contributed by atoms with Crippen molar-refractivity contribution in [1.82, 2.24) is 0 Å². The zero-order valence-corrected chi connectivity index (χ0v) is 23.9. The van der Waals surface area contributed by atoms with Crippen molar-refractivity contribution in [3.8, 4) is 0 Å². The van der Waals surface area contributed by atoms with Gasteiger partial charge in [-0.2, -0.15) is 8.42 Å². The van der Waals surface area contributed by atoms with Crippen LogP contribution in [0.3, 0.4) is 0 Å². The summed E-state index contributed by atoms with van der Waals surface area (Å²) in [5.41, 5.74) is 1.03. The molecule has 180 valence electrons. The Kier molecular flexibility index (Phi) is 16.1. The minimum absolute atomic E-state index is 0. The molecule has 0 saturated carbocycles. The molecular weight excluding hydrogens is 684 g/mol. The van der Waals surface area contributed by atoms with E-state index in [4.69, 9.17) is 3.07 Å². The number of alkyl halides is 1. The molecule has 0 amide bonds. The van der Waals surface area contributed by atoms with Crippen molar-refractivity contribution in [3.05, 3.63) is 97.6 Å². The zero-order chi connectivity index (χ0) is 24.0. The zero-order valence-electron chi connectivity index (χ0n) is 17.9. The van der Waals surface area contributed by atoms with E-state index in [0.717, 1.165) is 9.13 Å². The topological polar surface area (TPSA) is 72.8 Å². The molecule has 33 heavy (non-hydrogen) atoms.